The van der Waals surface area contributed by atoms with Crippen LogP contribution in [0.2, 0.25) is 0 Å². The number of nitrogens with zero attached hydrogens (tertiary/aromatic N) is 2. The van der Waals surface area contributed by atoms with E-state index < -0.39 is 0 Å². The normalized spacial score (nSPS) is 13.3. The van der Waals surface area contributed by atoms with Gasteiger partial charge in [-0.15, -0.1) is 0 Å². The Morgan fingerprint density at radius 1 is 1.03 bits per heavy atom. The molecule has 3 heterocycles. The molecule has 0 aliphatic carbocycles. The monoisotopic (exact) mass is 439 g/mol. The summed E-state index contributed by atoms with van der Waals surface area (Å²) in [6.07, 6.45) is 6.10. The Bertz CT molecular complexity index is 1340. The van der Waals surface area contributed by atoms with Gasteiger partial charge in [-0.05, 0) is 53.5 Å². The molecule has 0 saturated carbocycles. The SMILES string of the molecule is COc1cc2c(cc1OC)CN(C(=O)/C=C/c1c(-c3ccccc3)[nH]c3ncccc13)CC2. The number of carbonyl (C=O) groups is 1. The van der Waals surface area contributed by atoms with E-state index in [1.54, 1.807) is 26.5 Å². The van der Waals surface area contributed by atoms with Crippen molar-refractivity contribution in [1.82, 2.24) is 14.9 Å². The summed E-state index contributed by atoms with van der Waals surface area (Å²) in [4.78, 5) is 22.8. The fraction of sp³-hybridized carbons (Fsp3) is 0.185. The van der Waals surface area contributed by atoms with Crippen LogP contribution in [0.3, 0.4) is 0 Å². The first-order chi connectivity index (χ1) is 16.2. The van der Waals surface area contributed by atoms with Crippen LogP contribution in [0.25, 0.3) is 28.4 Å². The minimum absolute atomic E-state index is 0.0207. The molecular weight excluding hydrogens is 414 g/mol. The smallest absolute Gasteiger partial charge is 0.246 e. The minimum atomic E-state index is -0.0207. The summed E-state index contributed by atoms with van der Waals surface area (Å²) in [5.74, 6) is 1.38. The summed E-state index contributed by atoms with van der Waals surface area (Å²) >= 11 is 0. The van der Waals surface area contributed by atoms with Crippen molar-refractivity contribution >= 4 is 23.0 Å². The molecule has 2 aromatic heterocycles. The Morgan fingerprint density at radius 3 is 2.55 bits per heavy atom. The molecule has 0 saturated heterocycles. The number of benzene rings is 2. The highest BCUT2D eigenvalue weighted by Crippen LogP contribution is 2.34. The molecule has 0 fully saturated rings. The predicted octanol–water partition coefficient (Wildman–Crippen LogP) is 4.85. The number of aromatic amines is 1. The molecule has 1 aliphatic rings. The maximum atomic E-state index is 13.1. The summed E-state index contributed by atoms with van der Waals surface area (Å²) in [5, 5.41) is 0.987. The summed E-state index contributed by atoms with van der Waals surface area (Å²) in [6, 6.07) is 18.0. The highest BCUT2D eigenvalue weighted by Gasteiger charge is 2.22. The van der Waals surface area contributed by atoms with Crippen LogP contribution in [0.5, 0.6) is 11.5 Å². The number of carbonyl (C=O) groups excluding carboxylic acids is 1. The Kier molecular flexibility index (Phi) is 5.57. The first-order valence-electron chi connectivity index (χ1n) is 10.9. The number of rotatable bonds is 5. The molecule has 1 aliphatic heterocycles. The van der Waals surface area contributed by atoms with Gasteiger partial charge >= 0.3 is 0 Å². The van der Waals surface area contributed by atoms with Crippen molar-refractivity contribution < 1.29 is 14.3 Å². The number of aromatic nitrogens is 2. The molecule has 33 heavy (non-hydrogen) atoms. The molecule has 5 rings (SSSR count). The van der Waals surface area contributed by atoms with Gasteiger partial charge in [-0.3, -0.25) is 4.79 Å². The number of methoxy groups -OCH3 is 2. The fourth-order valence-electron chi connectivity index (χ4n) is 4.38. The molecule has 1 N–H and O–H groups in total. The van der Waals surface area contributed by atoms with Crippen LogP contribution < -0.4 is 9.47 Å². The van der Waals surface area contributed by atoms with Crippen LogP contribution in [0.1, 0.15) is 16.7 Å². The lowest BCUT2D eigenvalue weighted by molar-refractivity contribution is -0.126. The minimum Gasteiger partial charge on any atom is -0.493 e. The second-order valence-corrected chi connectivity index (χ2v) is 8.00. The van der Waals surface area contributed by atoms with Crippen molar-refractivity contribution in [3.05, 3.63) is 83.6 Å². The van der Waals surface area contributed by atoms with Gasteiger partial charge in [0, 0.05) is 36.3 Å². The van der Waals surface area contributed by atoms with Crippen LogP contribution in [-0.4, -0.2) is 41.5 Å². The van der Waals surface area contributed by atoms with Crippen LogP contribution in [-0.2, 0) is 17.8 Å². The molecule has 0 radical (unpaired) electrons. The van der Waals surface area contributed by atoms with Gasteiger partial charge in [-0.25, -0.2) is 4.98 Å². The summed E-state index contributed by atoms with van der Waals surface area (Å²) in [6.45, 7) is 1.20. The van der Waals surface area contributed by atoms with E-state index in [1.165, 1.54) is 5.56 Å². The van der Waals surface area contributed by atoms with E-state index in [0.717, 1.165) is 45.6 Å². The lowest BCUT2D eigenvalue weighted by Gasteiger charge is -2.28. The van der Waals surface area contributed by atoms with Crippen molar-refractivity contribution in [2.45, 2.75) is 13.0 Å². The van der Waals surface area contributed by atoms with E-state index in [4.69, 9.17) is 9.47 Å². The predicted molar refractivity (Wildman–Crippen MR) is 129 cm³/mol. The van der Waals surface area contributed by atoms with Gasteiger partial charge in [0.25, 0.3) is 0 Å². The molecule has 0 atom stereocenters. The number of hydrogen-bond donors (Lipinski definition) is 1. The number of hydrogen-bond acceptors (Lipinski definition) is 4. The molecule has 0 unspecified atom stereocenters. The number of amides is 1. The van der Waals surface area contributed by atoms with Crippen LogP contribution in [0.15, 0.2) is 66.9 Å². The average molecular weight is 440 g/mol. The maximum Gasteiger partial charge on any atom is 0.246 e. The zero-order valence-corrected chi connectivity index (χ0v) is 18.7. The Morgan fingerprint density at radius 2 is 1.79 bits per heavy atom. The molecular formula is C27H25N3O3. The summed E-state index contributed by atoms with van der Waals surface area (Å²) in [7, 11) is 3.26. The maximum absolute atomic E-state index is 13.1. The van der Waals surface area contributed by atoms with Crippen molar-refractivity contribution in [3.63, 3.8) is 0 Å². The molecule has 6 nitrogen and oxygen atoms in total. The molecule has 6 heteroatoms. The van der Waals surface area contributed by atoms with Crippen LogP contribution in [0, 0.1) is 0 Å². The van der Waals surface area contributed by atoms with Crippen LogP contribution >= 0.6 is 0 Å². The number of fused-ring (bicyclic) bond motifs is 2. The quantitative estimate of drug-likeness (QED) is 0.452. The van der Waals surface area contributed by atoms with E-state index in [0.29, 0.717) is 18.8 Å². The third kappa shape index (κ3) is 3.96. The molecule has 0 spiro atoms. The molecule has 2 aromatic carbocycles. The van der Waals surface area contributed by atoms with Gasteiger partial charge in [0.1, 0.15) is 5.65 Å². The fourth-order valence-corrected chi connectivity index (χ4v) is 4.38. The van der Waals surface area contributed by atoms with Crippen LogP contribution in [0.4, 0.5) is 0 Å². The largest absolute Gasteiger partial charge is 0.493 e. The van der Waals surface area contributed by atoms with E-state index in [2.05, 4.69) is 9.97 Å². The first kappa shape index (κ1) is 20.8. The zero-order chi connectivity index (χ0) is 22.8. The standard InChI is InChI=1S/C27H25N3O3/c1-32-23-15-19-12-14-30(17-20(19)16-24(23)33-2)25(31)11-10-21-22-9-6-13-28-27(22)29-26(21)18-7-4-3-5-8-18/h3-11,13,15-16H,12,14,17H2,1-2H3,(H,28,29)/b11-10+. The Balaban J connectivity index is 1.43. The van der Waals surface area contributed by atoms with Gasteiger partial charge in [0.2, 0.25) is 5.91 Å². The highest BCUT2D eigenvalue weighted by molar-refractivity contribution is 5.99. The van der Waals surface area contributed by atoms with E-state index in [-0.39, 0.29) is 5.91 Å². The molecule has 0 bridgehead atoms. The third-order valence-corrected chi connectivity index (χ3v) is 6.10. The number of nitrogens with one attached hydrogen (secondary N) is 1. The van der Waals surface area contributed by atoms with E-state index in [9.17, 15) is 4.79 Å². The lowest BCUT2D eigenvalue weighted by Crippen LogP contribution is -2.34. The van der Waals surface area contributed by atoms with Gasteiger partial charge in [-0.1, -0.05) is 30.3 Å². The topological polar surface area (TPSA) is 67.5 Å². The van der Waals surface area contributed by atoms with E-state index >= 15 is 0 Å². The van der Waals surface area contributed by atoms with Crippen molar-refractivity contribution in [1.29, 1.82) is 0 Å². The second-order valence-electron chi connectivity index (χ2n) is 8.00. The first-order valence-corrected chi connectivity index (χ1v) is 10.9. The summed E-state index contributed by atoms with van der Waals surface area (Å²) < 4.78 is 10.9. The van der Waals surface area contributed by atoms with Crippen molar-refractivity contribution in [3.8, 4) is 22.8 Å². The average Bonchev–Trinajstić information content (AvgIpc) is 3.25. The van der Waals surface area contributed by atoms with Gasteiger partial charge in [-0.2, -0.15) is 0 Å². The number of ether oxygens (including phenoxy) is 2. The zero-order valence-electron chi connectivity index (χ0n) is 18.7. The van der Waals surface area contributed by atoms with Gasteiger partial charge in [0.15, 0.2) is 11.5 Å². The van der Waals surface area contributed by atoms with Gasteiger partial charge in [0.05, 0.1) is 19.9 Å². The second kappa shape index (κ2) is 8.82. The summed E-state index contributed by atoms with van der Waals surface area (Å²) in [5.41, 5.74) is 6.04. The Hall–Kier alpha value is -4.06. The molecule has 166 valence electrons. The molecule has 1 amide bonds. The highest BCUT2D eigenvalue weighted by atomic mass is 16.5. The number of H-pyrrole nitrogens is 1. The third-order valence-electron chi connectivity index (χ3n) is 6.10. The van der Waals surface area contributed by atoms with Crippen molar-refractivity contribution in [2.24, 2.45) is 0 Å². The lowest BCUT2D eigenvalue weighted by atomic mass is 9.98. The number of pyridine rings is 1. The van der Waals surface area contributed by atoms with Gasteiger partial charge < -0.3 is 19.4 Å². The van der Waals surface area contributed by atoms with E-state index in [1.807, 2.05) is 65.6 Å². The van der Waals surface area contributed by atoms with Crippen molar-refractivity contribution in [2.75, 3.05) is 20.8 Å². The molecule has 4 aromatic rings. The Labute approximate surface area is 192 Å².